The van der Waals surface area contributed by atoms with Crippen molar-refractivity contribution >= 4 is 34.6 Å². The number of nitrogens with zero attached hydrogens (tertiary/aromatic N) is 2. The molecular weight excluding hydrogens is 299 g/mol. The van der Waals surface area contributed by atoms with E-state index < -0.39 is 4.33 Å². The van der Waals surface area contributed by atoms with Crippen LogP contribution in [-0.2, 0) is 6.54 Å². The van der Waals surface area contributed by atoms with Gasteiger partial charge in [-0.2, -0.15) is 5.10 Å². The van der Waals surface area contributed by atoms with Gasteiger partial charge in [0, 0.05) is 30.3 Å². The van der Waals surface area contributed by atoms with E-state index in [1.54, 1.807) is 18.3 Å². The van der Waals surface area contributed by atoms with Crippen molar-refractivity contribution in [3.05, 3.63) is 35.8 Å². The molecule has 0 radical (unpaired) electrons. The summed E-state index contributed by atoms with van der Waals surface area (Å²) in [6.45, 7) is 0.697. The van der Waals surface area contributed by atoms with Crippen molar-refractivity contribution in [1.29, 1.82) is 0 Å². The molecule has 1 atom stereocenters. The highest BCUT2D eigenvalue weighted by atomic mass is 35.5. The Morgan fingerprint density at radius 3 is 2.85 bits per heavy atom. The summed E-state index contributed by atoms with van der Waals surface area (Å²) >= 11 is 12.0. The zero-order chi connectivity index (χ0) is 14.3. The molecule has 2 aromatic rings. The summed E-state index contributed by atoms with van der Waals surface area (Å²) in [5.74, 6) is 0.246. The first-order valence-electron chi connectivity index (χ1n) is 6.25. The Kier molecular flexibility index (Phi) is 3.38. The van der Waals surface area contributed by atoms with Crippen LogP contribution in [0, 0.1) is 11.1 Å². The molecular formula is C13H14Cl2N4O. The fourth-order valence-electron chi connectivity index (χ4n) is 2.16. The zero-order valence-corrected chi connectivity index (χ0v) is 12.1. The Bertz CT molecular complexity index is 641. The maximum absolute atomic E-state index is 10.9. The lowest BCUT2D eigenvalue weighted by Gasteiger charge is -2.06. The number of halogens is 2. The fraction of sp³-hybridized carbons (Fsp3) is 0.308. The van der Waals surface area contributed by atoms with E-state index in [1.165, 1.54) is 0 Å². The largest absolute Gasteiger partial charge is 0.630 e. The summed E-state index contributed by atoms with van der Waals surface area (Å²) in [5, 5.41) is 15.2. The van der Waals surface area contributed by atoms with Gasteiger partial charge in [0.1, 0.15) is 4.33 Å². The predicted molar refractivity (Wildman–Crippen MR) is 79.6 cm³/mol. The zero-order valence-electron chi connectivity index (χ0n) is 10.6. The summed E-state index contributed by atoms with van der Waals surface area (Å²) in [6, 6.07) is 5.35. The Balaban J connectivity index is 1.79. The van der Waals surface area contributed by atoms with Crippen LogP contribution in [0.1, 0.15) is 6.42 Å². The number of benzene rings is 1. The van der Waals surface area contributed by atoms with Crippen molar-refractivity contribution < 1.29 is 5.48 Å². The molecule has 0 amide bonds. The van der Waals surface area contributed by atoms with Gasteiger partial charge in [0.05, 0.1) is 11.9 Å². The minimum absolute atomic E-state index is 0.246. The molecule has 4 N–H and O–H groups in total. The number of alkyl halides is 2. The Hall–Kier alpha value is -1.27. The average Bonchev–Trinajstić information content (AvgIpc) is 2.82. The van der Waals surface area contributed by atoms with E-state index in [4.69, 9.17) is 28.9 Å². The maximum atomic E-state index is 10.9. The number of quaternary nitrogens is 1. The van der Waals surface area contributed by atoms with E-state index in [2.05, 4.69) is 5.10 Å². The van der Waals surface area contributed by atoms with Gasteiger partial charge >= 0.3 is 0 Å². The molecule has 106 valence electrons. The molecule has 1 saturated carbocycles. The number of aromatic nitrogens is 2. The highest BCUT2D eigenvalue weighted by Gasteiger charge is 2.51. The number of nitrogens with two attached hydrogens (primary N) is 2. The van der Waals surface area contributed by atoms with Gasteiger partial charge in [-0.3, -0.25) is 4.68 Å². The number of nitrogen functional groups attached to an aromatic ring is 1. The fourth-order valence-corrected chi connectivity index (χ4v) is 2.67. The average molecular weight is 313 g/mol. The highest BCUT2D eigenvalue weighted by molar-refractivity contribution is 6.50. The molecule has 5 nitrogen and oxygen atoms in total. The minimum atomic E-state index is -0.599. The van der Waals surface area contributed by atoms with Crippen LogP contribution in [0.4, 0.5) is 11.4 Å². The molecule has 1 aliphatic carbocycles. The van der Waals surface area contributed by atoms with Gasteiger partial charge < -0.3 is 16.4 Å². The van der Waals surface area contributed by atoms with E-state index in [1.807, 2.05) is 16.9 Å². The minimum Gasteiger partial charge on any atom is -0.630 e. The first-order valence-corrected chi connectivity index (χ1v) is 7.00. The van der Waals surface area contributed by atoms with Crippen LogP contribution in [0.2, 0.25) is 0 Å². The van der Waals surface area contributed by atoms with Gasteiger partial charge in [0.15, 0.2) is 5.69 Å². The van der Waals surface area contributed by atoms with Gasteiger partial charge in [-0.1, -0.05) is 6.07 Å². The molecule has 7 heteroatoms. The predicted octanol–water partition coefficient (Wildman–Crippen LogP) is 2.02. The molecule has 1 aliphatic rings. The molecule has 0 bridgehead atoms. The first-order chi connectivity index (χ1) is 9.49. The summed E-state index contributed by atoms with van der Waals surface area (Å²) in [7, 11) is 0. The number of hydrogen-bond donors (Lipinski definition) is 2. The Labute approximate surface area is 126 Å². The van der Waals surface area contributed by atoms with Gasteiger partial charge in [-0.25, -0.2) is 0 Å². The van der Waals surface area contributed by atoms with E-state index in [0.717, 1.165) is 23.0 Å². The quantitative estimate of drug-likeness (QED) is 0.514. The summed E-state index contributed by atoms with van der Waals surface area (Å²) in [6.07, 6.45) is 4.47. The van der Waals surface area contributed by atoms with Crippen molar-refractivity contribution in [3.8, 4) is 11.1 Å². The van der Waals surface area contributed by atoms with Crippen molar-refractivity contribution in [3.63, 3.8) is 0 Å². The van der Waals surface area contributed by atoms with E-state index >= 15 is 0 Å². The molecule has 3 rings (SSSR count). The van der Waals surface area contributed by atoms with Gasteiger partial charge in [-0.05, 0) is 18.1 Å². The third-order valence-electron chi connectivity index (χ3n) is 3.54. The maximum Gasteiger partial charge on any atom is 0.153 e. The van der Waals surface area contributed by atoms with Crippen molar-refractivity contribution in [1.82, 2.24) is 9.78 Å². The Morgan fingerprint density at radius 2 is 2.20 bits per heavy atom. The molecule has 1 aromatic carbocycles. The molecule has 0 saturated heterocycles. The Morgan fingerprint density at radius 1 is 1.45 bits per heavy atom. The number of hydrogen-bond acceptors (Lipinski definition) is 3. The molecule has 1 heterocycles. The number of rotatable bonds is 4. The van der Waals surface area contributed by atoms with Crippen LogP contribution >= 0.6 is 23.2 Å². The normalized spacial score (nSPS) is 20.1. The topological polar surface area (TPSA) is 83.5 Å². The molecule has 1 aromatic heterocycles. The molecule has 1 unspecified atom stereocenters. The van der Waals surface area contributed by atoms with E-state index in [0.29, 0.717) is 17.9 Å². The van der Waals surface area contributed by atoms with Crippen molar-refractivity contribution in [2.45, 2.75) is 17.3 Å². The standard InChI is InChI=1S/C13H14Cl2N4O/c14-13(15)4-10(13)7-19-6-9(5-17-19)8-1-2-11(16)12(3-8)18-20/h1-3,5-6,10H,4,7,16,18H2. The SMILES string of the molecule is Nc1ccc(-c2cnn(CC3CC3(Cl)Cl)c2)cc1[NH2+][O-]. The lowest BCUT2D eigenvalue weighted by molar-refractivity contribution is -0.496. The monoisotopic (exact) mass is 312 g/mol. The van der Waals surface area contributed by atoms with Crippen LogP contribution in [0.3, 0.4) is 0 Å². The number of anilines is 1. The van der Waals surface area contributed by atoms with E-state index in [-0.39, 0.29) is 5.92 Å². The molecule has 20 heavy (non-hydrogen) atoms. The van der Waals surface area contributed by atoms with Crippen molar-refractivity contribution in [2.75, 3.05) is 5.73 Å². The smallest absolute Gasteiger partial charge is 0.153 e. The van der Waals surface area contributed by atoms with Crippen LogP contribution in [0.15, 0.2) is 30.6 Å². The van der Waals surface area contributed by atoms with Crippen LogP contribution in [-0.4, -0.2) is 14.1 Å². The summed E-state index contributed by atoms with van der Waals surface area (Å²) < 4.78 is 1.22. The summed E-state index contributed by atoms with van der Waals surface area (Å²) in [5.41, 5.74) is 9.26. The van der Waals surface area contributed by atoms with Gasteiger partial charge in [-0.15, -0.1) is 23.2 Å². The lowest BCUT2D eigenvalue weighted by atomic mass is 10.1. The van der Waals surface area contributed by atoms with Gasteiger partial charge in [0.2, 0.25) is 0 Å². The third kappa shape index (κ3) is 2.62. The third-order valence-corrected chi connectivity index (χ3v) is 4.47. The summed E-state index contributed by atoms with van der Waals surface area (Å²) in [4.78, 5) is 0. The first kappa shape index (κ1) is 13.7. The van der Waals surface area contributed by atoms with Crippen LogP contribution in [0.5, 0.6) is 0 Å². The molecule has 0 aliphatic heterocycles. The second-order valence-corrected chi connectivity index (χ2v) is 6.62. The lowest BCUT2D eigenvalue weighted by Crippen LogP contribution is -2.70. The highest BCUT2D eigenvalue weighted by Crippen LogP contribution is 2.53. The van der Waals surface area contributed by atoms with Gasteiger partial charge in [0.25, 0.3) is 0 Å². The van der Waals surface area contributed by atoms with Crippen LogP contribution < -0.4 is 11.2 Å². The van der Waals surface area contributed by atoms with E-state index in [9.17, 15) is 5.21 Å². The van der Waals surface area contributed by atoms with Crippen LogP contribution in [0.25, 0.3) is 11.1 Å². The molecule has 0 spiro atoms. The van der Waals surface area contributed by atoms with Crippen molar-refractivity contribution in [2.24, 2.45) is 5.92 Å². The second kappa shape index (κ2) is 4.93. The second-order valence-electron chi connectivity index (χ2n) is 5.07. The molecule has 1 fully saturated rings.